The van der Waals surface area contributed by atoms with E-state index in [2.05, 4.69) is 5.32 Å². The molecule has 2 aromatic carbocycles. The molecule has 24 heavy (non-hydrogen) atoms. The van der Waals surface area contributed by atoms with Crippen molar-refractivity contribution in [1.82, 2.24) is 0 Å². The van der Waals surface area contributed by atoms with Gasteiger partial charge in [0.2, 0.25) is 0 Å². The van der Waals surface area contributed by atoms with Crippen LogP contribution in [0.5, 0.6) is 0 Å². The van der Waals surface area contributed by atoms with Crippen LogP contribution in [-0.4, -0.2) is 17.3 Å². The Kier molecular flexibility index (Phi) is 5.50. The lowest BCUT2D eigenvalue weighted by molar-refractivity contribution is -0.129. The largest absolute Gasteiger partial charge is 0.405 e. The highest BCUT2D eigenvalue weighted by atomic mass is 32.2. The summed E-state index contributed by atoms with van der Waals surface area (Å²) < 4.78 is 39.7. The number of anilines is 1. The number of amides is 2. The number of rotatable bonds is 4. The Labute approximate surface area is 140 Å². The van der Waals surface area contributed by atoms with Crippen molar-refractivity contribution < 1.29 is 22.8 Å². The number of primary amides is 1. The predicted molar refractivity (Wildman–Crippen MR) is 86.8 cm³/mol. The summed E-state index contributed by atoms with van der Waals surface area (Å²) in [5.41, 5.74) is 5.23. The maximum Gasteiger partial charge on any atom is 0.405 e. The van der Waals surface area contributed by atoms with E-state index in [1.165, 1.54) is 48.5 Å². The molecule has 2 aromatic rings. The standard InChI is InChI=1S/C16H13F3N2O2S/c17-16(18,19)13(10-6-2-1-3-7-10)24-15(23)21-12-9-5-4-8-11(12)14(20)22/h1-9,13H,(H2,20,22)(H,21,23). The van der Waals surface area contributed by atoms with Crippen molar-refractivity contribution in [3.8, 4) is 0 Å². The molecule has 2 amide bonds. The van der Waals surface area contributed by atoms with Crippen molar-refractivity contribution in [3.05, 3.63) is 65.7 Å². The first-order valence-corrected chi connectivity index (χ1v) is 7.65. The third kappa shape index (κ3) is 4.51. The van der Waals surface area contributed by atoms with Gasteiger partial charge in [0.1, 0.15) is 5.25 Å². The fraction of sp³-hybridized carbons (Fsp3) is 0.125. The first-order valence-electron chi connectivity index (χ1n) is 6.77. The maximum atomic E-state index is 13.2. The molecule has 1 atom stereocenters. The lowest BCUT2D eigenvalue weighted by Gasteiger charge is -2.19. The highest BCUT2D eigenvalue weighted by Gasteiger charge is 2.42. The molecular formula is C16H13F3N2O2S. The summed E-state index contributed by atoms with van der Waals surface area (Å²) in [6, 6.07) is 13.0. The van der Waals surface area contributed by atoms with Gasteiger partial charge in [0.25, 0.3) is 11.1 Å². The molecule has 0 spiro atoms. The second-order valence-electron chi connectivity index (χ2n) is 4.77. The minimum atomic E-state index is -4.60. The van der Waals surface area contributed by atoms with Crippen molar-refractivity contribution in [1.29, 1.82) is 0 Å². The van der Waals surface area contributed by atoms with Crippen LogP contribution in [0.1, 0.15) is 21.2 Å². The molecule has 2 rings (SSSR count). The summed E-state index contributed by atoms with van der Waals surface area (Å²) >= 11 is 0.0929. The number of para-hydroxylation sites is 1. The van der Waals surface area contributed by atoms with Gasteiger partial charge in [-0.3, -0.25) is 9.59 Å². The molecule has 0 bridgehead atoms. The molecule has 0 aliphatic rings. The molecule has 0 heterocycles. The van der Waals surface area contributed by atoms with Crippen LogP contribution in [0.4, 0.5) is 23.7 Å². The Bertz CT molecular complexity index is 736. The van der Waals surface area contributed by atoms with Crippen LogP contribution < -0.4 is 11.1 Å². The van der Waals surface area contributed by atoms with Crippen molar-refractivity contribution >= 4 is 28.6 Å². The maximum absolute atomic E-state index is 13.2. The summed E-state index contributed by atoms with van der Waals surface area (Å²) in [4.78, 5) is 23.3. The number of thioether (sulfide) groups is 1. The summed E-state index contributed by atoms with van der Waals surface area (Å²) in [5, 5.41) is -0.662. The Balaban J connectivity index is 2.19. The highest BCUT2D eigenvalue weighted by molar-refractivity contribution is 8.14. The van der Waals surface area contributed by atoms with Gasteiger partial charge in [-0.1, -0.05) is 42.5 Å². The first kappa shape index (κ1) is 17.9. The number of hydrogen-bond acceptors (Lipinski definition) is 3. The molecule has 0 aliphatic carbocycles. The van der Waals surface area contributed by atoms with Gasteiger partial charge >= 0.3 is 6.18 Å². The average Bonchev–Trinajstić information content (AvgIpc) is 2.52. The fourth-order valence-electron chi connectivity index (χ4n) is 2.01. The Morgan fingerprint density at radius 2 is 1.58 bits per heavy atom. The van der Waals surface area contributed by atoms with E-state index >= 15 is 0 Å². The fourth-order valence-corrected chi connectivity index (χ4v) is 2.81. The second kappa shape index (κ2) is 7.39. The minimum absolute atomic E-state index is 0.0229. The number of nitrogens with two attached hydrogens (primary N) is 1. The van der Waals surface area contributed by atoms with E-state index in [4.69, 9.17) is 5.73 Å². The van der Waals surface area contributed by atoms with E-state index in [0.717, 1.165) is 0 Å². The lowest BCUT2D eigenvalue weighted by atomic mass is 10.1. The predicted octanol–water partition coefficient (Wildman–Crippen LogP) is 4.35. The van der Waals surface area contributed by atoms with Gasteiger partial charge in [0.15, 0.2) is 0 Å². The van der Waals surface area contributed by atoms with E-state index in [-0.39, 0.29) is 28.6 Å². The highest BCUT2D eigenvalue weighted by Crippen LogP contribution is 2.43. The van der Waals surface area contributed by atoms with Crippen molar-refractivity contribution in [2.24, 2.45) is 5.73 Å². The normalized spacial score (nSPS) is 12.5. The van der Waals surface area contributed by atoms with Gasteiger partial charge in [-0.15, -0.1) is 0 Å². The zero-order valence-corrected chi connectivity index (χ0v) is 13.0. The Morgan fingerprint density at radius 1 is 1.00 bits per heavy atom. The topological polar surface area (TPSA) is 72.2 Å². The molecule has 126 valence electrons. The number of nitrogens with one attached hydrogen (secondary N) is 1. The number of alkyl halides is 3. The molecule has 8 heteroatoms. The summed E-state index contributed by atoms with van der Waals surface area (Å²) in [7, 11) is 0. The molecule has 0 radical (unpaired) electrons. The van der Waals surface area contributed by atoms with Gasteiger partial charge in [-0.2, -0.15) is 13.2 Å². The molecule has 1 unspecified atom stereocenters. The average molecular weight is 354 g/mol. The zero-order valence-electron chi connectivity index (χ0n) is 12.2. The number of halogens is 3. The summed E-state index contributed by atoms with van der Waals surface area (Å²) in [6.07, 6.45) is -4.60. The smallest absolute Gasteiger partial charge is 0.366 e. The van der Waals surface area contributed by atoms with Crippen LogP contribution >= 0.6 is 11.8 Å². The van der Waals surface area contributed by atoms with Crippen LogP contribution in [0.25, 0.3) is 0 Å². The summed E-state index contributed by atoms with van der Waals surface area (Å²) in [5.74, 6) is -0.786. The molecule has 4 nitrogen and oxygen atoms in total. The molecule has 3 N–H and O–H groups in total. The Morgan fingerprint density at radius 3 is 2.17 bits per heavy atom. The van der Waals surface area contributed by atoms with Gasteiger partial charge in [-0.05, 0) is 29.5 Å². The van der Waals surface area contributed by atoms with Crippen LogP contribution in [0.2, 0.25) is 0 Å². The Hall–Kier alpha value is -2.48. The molecule has 0 saturated heterocycles. The lowest BCUT2D eigenvalue weighted by Crippen LogP contribution is -2.22. The van der Waals surface area contributed by atoms with E-state index < -0.39 is 22.6 Å². The molecule has 0 aromatic heterocycles. The molecule has 0 saturated carbocycles. The third-order valence-electron chi connectivity index (χ3n) is 3.05. The van der Waals surface area contributed by atoms with Crippen LogP contribution in [0.3, 0.4) is 0 Å². The summed E-state index contributed by atoms with van der Waals surface area (Å²) in [6.45, 7) is 0. The molecule has 0 fully saturated rings. The van der Waals surface area contributed by atoms with Crippen molar-refractivity contribution in [2.75, 3.05) is 5.32 Å². The van der Waals surface area contributed by atoms with Gasteiger partial charge in [0, 0.05) is 0 Å². The number of hydrogen-bond donors (Lipinski definition) is 2. The monoisotopic (exact) mass is 354 g/mol. The molecular weight excluding hydrogens is 341 g/mol. The van der Waals surface area contributed by atoms with Crippen molar-refractivity contribution in [2.45, 2.75) is 11.4 Å². The second-order valence-corrected chi connectivity index (χ2v) is 5.85. The molecule has 0 aliphatic heterocycles. The number of carbonyl (C=O) groups is 2. The quantitative estimate of drug-likeness (QED) is 0.857. The number of benzene rings is 2. The van der Waals surface area contributed by atoms with Gasteiger partial charge < -0.3 is 11.1 Å². The van der Waals surface area contributed by atoms with Gasteiger partial charge in [-0.25, -0.2) is 0 Å². The van der Waals surface area contributed by atoms with E-state index in [1.807, 2.05) is 0 Å². The van der Waals surface area contributed by atoms with Crippen LogP contribution in [0.15, 0.2) is 54.6 Å². The zero-order chi connectivity index (χ0) is 17.7. The van der Waals surface area contributed by atoms with E-state index in [1.54, 1.807) is 6.07 Å². The first-order chi connectivity index (χ1) is 11.3. The van der Waals surface area contributed by atoms with Crippen LogP contribution in [0, 0.1) is 0 Å². The minimum Gasteiger partial charge on any atom is -0.366 e. The van der Waals surface area contributed by atoms with Gasteiger partial charge in [0.05, 0.1) is 11.3 Å². The van der Waals surface area contributed by atoms with E-state index in [0.29, 0.717) is 0 Å². The van der Waals surface area contributed by atoms with E-state index in [9.17, 15) is 22.8 Å². The SMILES string of the molecule is NC(=O)c1ccccc1NC(=O)SC(c1ccccc1)C(F)(F)F. The van der Waals surface area contributed by atoms with Crippen molar-refractivity contribution in [3.63, 3.8) is 0 Å². The number of carbonyl (C=O) groups excluding carboxylic acids is 2. The van der Waals surface area contributed by atoms with Crippen LogP contribution in [-0.2, 0) is 0 Å². The third-order valence-corrected chi connectivity index (χ3v) is 4.15.